The number of alkyl halides is 3. The van der Waals surface area contributed by atoms with Crippen molar-refractivity contribution in [1.82, 2.24) is 14.5 Å². The molecular formula is C15H14F3N3O2. The van der Waals surface area contributed by atoms with Crippen molar-refractivity contribution in [3.8, 4) is 17.1 Å². The van der Waals surface area contributed by atoms with E-state index in [9.17, 15) is 18.0 Å². The van der Waals surface area contributed by atoms with Crippen LogP contribution in [0.3, 0.4) is 0 Å². The molecule has 5 nitrogen and oxygen atoms in total. The normalized spacial score (nSPS) is 18.5. The number of carbonyl (C=O) groups is 1. The van der Waals surface area contributed by atoms with E-state index in [-0.39, 0.29) is 17.7 Å². The lowest BCUT2D eigenvalue weighted by Crippen LogP contribution is -2.24. The molecule has 1 unspecified atom stereocenters. The Balaban J connectivity index is 1.86. The van der Waals surface area contributed by atoms with E-state index in [1.165, 1.54) is 24.3 Å². The first-order chi connectivity index (χ1) is 10.8. The van der Waals surface area contributed by atoms with Crippen LogP contribution in [-0.4, -0.2) is 40.3 Å². The average Bonchev–Trinajstić information content (AvgIpc) is 3.06. The number of halogens is 3. The summed E-state index contributed by atoms with van der Waals surface area (Å²) in [6.07, 6.45) is -0.771. The van der Waals surface area contributed by atoms with E-state index in [0.29, 0.717) is 24.4 Å². The van der Waals surface area contributed by atoms with E-state index in [4.69, 9.17) is 0 Å². The maximum atomic E-state index is 12.2. The molecule has 2 heterocycles. The third-order valence-corrected chi connectivity index (χ3v) is 3.75. The van der Waals surface area contributed by atoms with Gasteiger partial charge in [-0.1, -0.05) is 0 Å². The maximum Gasteiger partial charge on any atom is 0.573 e. The van der Waals surface area contributed by atoms with E-state index in [1.807, 2.05) is 0 Å². The highest BCUT2D eigenvalue weighted by Gasteiger charge is 2.32. The van der Waals surface area contributed by atoms with Crippen molar-refractivity contribution in [3.63, 3.8) is 0 Å². The van der Waals surface area contributed by atoms with Crippen LogP contribution in [0.1, 0.15) is 12.5 Å². The number of nitrogens with zero attached hydrogens (tertiary/aromatic N) is 3. The van der Waals surface area contributed by atoms with Gasteiger partial charge in [-0.3, -0.25) is 4.79 Å². The van der Waals surface area contributed by atoms with Crippen LogP contribution in [-0.2, 0) is 4.79 Å². The number of benzene rings is 1. The van der Waals surface area contributed by atoms with Crippen LogP contribution in [0.2, 0.25) is 0 Å². The zero-order chi connectivity index (χ0) is 16.6. The van der Waals surface area contributed by atoms with Gasteiger partial charge >= 0.3 is 6.36 Å². The smallest absolute Gasteiger partial charge is 0.406 e. The minimum Gasteiger partial charge on any atom is -0.406 e. The second-order valence-electron chi connectivity index (χ2n) is 5.29. The molecule has 1 atom stereocenters. The quantitative estimate of drug-likeness (QED) is 0.872. The van der Waals surface area contributed by atoms with Gasteiger partial charge in [-0.15, -0.1) is 13.2 Å². The first-order valence-corrected chi connectivity index (χ1v) is 6.99. The van der Waals surface area contributed by atoms with Crippen molar-refractivity contribution in [1.29, 1.82) is 0 Å². The molecule has 23 heavy (non-hydrogen) atoms. The lowest BCUT2D eigenvalue weighted by Gasteiger charge is -2.15. The summed E-state index contributed by atoms with van der Waals surface area (Å²) >= 11 is 0. The number of imidazole rings is 1. The van der Waals surface area contributed by atoms with Crippen molar-refractivity contribution in [3.05, 3.63) is 36.7 Å². The summed E-state index contributed by atoms with van der Waals surface area (Å²) in [5.41, 5.74) is 0.617. The second kappa shape index (κ2) is 5.60. The fourth-order valence-electron chi connectivity index (χ4n) is 2.66. The van der Waals surface area contributed by atoms with E-state index >= 15 is 0 Å². The summed E-state index contributed by atoms with van der Waals surface area (Å²) in [6, 6.07) is 5.10. The Labute approximate surface area is 130 Å². The topological polar surface area (TPSA) is 47.4 Å². The Bertz CT molecular complexity index is 710. The van der Waals surface area contributed by atoms with Crippen molar-refractivity contribution >= 4 is 5.91 Å². The number of rotatable bonds is 3. The highest BCUT2D eigenvalue weighted by atomic mass is 19.4. The fraction of sp³-hybridized carbons (Fsp3) is 0.333. The number of hydrogen-bond acceptors (Lipinski definition) is 3. The molecule has 1 saturated heterocycles. The summed E-state index contributed by atoms with van der Waals surface area (Å²) < 4.78 is 42.2. The van der Waals surface area contributed by atoms with Gasteiger partial charge in [0.05, 0.1) is 0 Å². The SMILES string of the molecule is CN1CCC(n2ccnc2-c2ccc(OC(F)(F)F)cc2)C1=O. The van der Waals surface area contributed by atoms with Gasteiger partial charge in [0.25, 0.3) is 0 Å². The molecule has 1 amide bonds. The Morgan fingerprint density at radius 2 is 1.96 bits per heavy atom. The van der Waals surface area contributed by atoms with Crippen LogP contribution in [0.15, 0.2) is 36.7 Å². The Hall–Kier alpha value is -2.51. The molecular weight excluding hydrogens is 311 g/mol. The zero-order valence-electron chi connectivity index (χ0n) is 12.2. The lowest BCUT2D eigenvalue weighted by molar-refractivity contribution is -0.274. The monoisotopic (exact) mass is 325 g/mol. The number of ether oxygens (including phenoxy) is 1. The zero-order valence-corrected chi connectivity index (χ0v) is 12.2. The molecule has 0 spiro atoms. The van der Waals surface area contributed by atoms with E-state index in [0.717, 1.165) is 0 Å². The highest BCUT2D eigenvalue weighted by Crippen LogP contribution is 2.30. The molecule has 122 valence electrons. The lowest BCUT2D eigenvalue weighted by atomic mass is 10.2. The fourth-order valence-corrected chi connectivity index (χ4v) is 2.66. The number of amides is 1. The van der Waals surface area contributed by atoms with Gasteiger partial charge in [0.15, 0.2) is 0 Å². The number of hydrogen-bond donors (Lipinski definition) is 0. The van der Waals surface area contributed by atoms with Crippen molar-refractivity contribution in [2.75, 3.05) is 13.6 Å². The summed E-state index contributed by atoms with van der Waals surface area (Å²) in [4.78, 5) is 18.0. The van der Waals surface area contributed by atoms with Gasteiger partial charge in [0.1, 0.15) is 17.6 Å². The van der Waals surface area contributed by atoms with Crippen molar-refractivity contribution < 1.29 is 22.7 Å². The third-order valence-electron chi connectivity index (χ3n) is 3.75. The standard InChI is InChI=1S/C15H14F3N3O2/c1-20-8-6-12(14(20)22)21-9-7-19-13(21)10-2-4-11(5-3-10)23-15(16,17)18/h2-5,7,9,12H,6,8H2,1H3. The molecule has 8 heteroatoms. The van der Waals surface area contributed by atoms with Crippen molar-refractivity contribution in [2.45, 2.75) is 18.8 Å². The summed E-state index contributed by atoms with van der Waals surface area (Å²) in [7, 11) is 1.74. The molecule has 1 aromatic heterocycles. The minimum absolute atomic E-state index is 0.00118. The predicted octanol–water partition coefficient (Wildman–Crippen LogP) is 2.85. The Morgan fingerprint density at radius 3 is 2.52 bits per heavy atom. The summed E-state index contributed by atoms with van der Waals surface area (Å²) in [6.45, 7) is 0.666. The van der Waals surface area contributed by atoms with Gasteiger partial charge in [-0.25, -0.2) is 4.98 Å². The van der Waals surface area contributed by atoms with Crippen LogP contribution in [0, 0.1) is 0 Å². The molecule has 0 aliphatic carbocycles. The van der Waals surface area contributed by atoms with E-state index in [1.54, 1.807) is 28.9 Å². The average molecular weight is 325 g/mol. The molecule has 3 rings (SSSR count). The molecule has 0 saturated carbocycles. The maximum absolute atomic E-state index is 12.2. The van der Waals surface area contributed by atoms with Gasteiger partial charge < -0.3 is 14.2 Å². The molecule has 0 N–H and O–H groups in total. The van der Waals surface area contributed by atoms with Gasteiger partial charge in [0.2, 0.25) is 5.91 Å². The van der Waals surface area contributed by atoms with Crippen LogP contribution in [0.25, 0.3) is 11.4 Å². The summed E-state index contributed by atoms with van der Waals surface area (Å²) in [5.74, 6) is 0.245. The van der Waals surface area contributed by atoms with E-state index in [2.05, 4.69) is 9.72 Å². The largest absolute Gasteiger partial charge is 0.573 e. The molecule has 0 radical (unpaired) electrons. The molecule has 2 aromatic rings. The number of likely N-dealkylation sites (N-methyl/N-ethyl adjacent to an activating group) is 1. The van der Waals surface area contributed by atoms with Crippen LogP contribution < -0.4 is 4.74 Å². The first kappa shape index (κ1) is 15.4. The third kappa shape index (κ3) is 3.15. The molecule has 1 aromatic carbocycles. The van der Waals surface area contributed by atoms with Crippen LogP contribution >= 0.6 is 0 Å². The molecule has 1 aliphatic rings. The molecule has 0 bridgehead atoms. The van der Waals surface area contributed by atoms with Gasteiger partial charge in [-0.2, -0.15) is 0 Å². The molecule has 1 aliphatic heterocycles. The predicted molar refractivity (Wildman–Crippen MR) is 75.6 cm³/mol. The van der Waals surface area contributed by atoms with E-state index < -0.39 is 6.36 Å². The Morgan fingerprint density at radius 1 is 1.26 bits per heavy atom. The van der Waals surface area contributed by atoms with Crippen LogP contribution in [0.5, 0.6) is 5.75 Å². The summed E-state index contributed by atoms with van der Waals surface area (Å²) in [5, 5.41) is 0. The van der Waals surface area contributed by atoms with Crippen molar-refractivity contribution in [2.24, 2.45) is 0 Å². The molecule has 1 fully saturated rings. The Kier molecular flexibility index (Phi) is 3.75. The number of likely N-dealkylation sites (tertiary alicyclic amines) is 1. The van der Waals surface area contributed by atoms with Gasteiger partial charge in [-0.05, 0) is 30.7 Å². The number of carbonyl (C=O) groups excluding carboxylic acids is 1. The first-order valence-electron chi connectivity index (χ1n) is 6.99. The minimum atomic E-state index is -4.72. The van der Waals surface area contributed by atoms with Crippen LogP contribution in [0.4, 0.5) is 13.2 Å². The number of aromatic nitrogens is 2. The second-order valence-corrected chi connectivity index (χ2v) is 5.29. The van der Waals surface area contributed by atoms with Gasteiger partial charge in [0, 0.05) is 31.5 Å². The highest BCUT2D eigenvalue weighted by molar-refractivity contribution is 5.83.